The number of morpholine rings is 1. The van der Waals surface area contributed by atoms with Crippen LogP contribution >= 0.6 is 11.6 Å². The summed E-state index contributed by atoms with van der Waals surface area (Å²) in [6.07, 6.45) is 0.970. The molecule has 0 spiro atoms. The molecule has 0 saturated carbocycles. The standard InChI is InChI=1S/C15H15ClN4O6S/c16-11-2-1-9(18-13(21)10-8-17-15(23)19-14(10)22)7-12(11)27(24,25)20-3-5-26-6-4-20/h1-2,7-8H,3-6H2,(H,18,21)(H2,17,19,22,23). The van der Waals surface area contributed by atoms with E-state index in [2.05, 4.69) is 10.3 Å². The van der Waals surface area contributed by atoms with E-state index >= 15 is 0 Å². The summed E-state index contributed by atoms with van der Waals surface area (Å²) < 4.78 is 32.0. The van der Waals surface area contributed by atoms with Crippen LogP contribution in [0.3, 0.4) is 0 Å². The fourth-order valence-corrected chi connectivity index (χ4v) is 4.39. The maximum atomic E-state index is 12.8. The van der Waals surface area contributed by atoms with Crippen LogP contribution in [0, 0.1) is 0 Å². The van der Waals surface area contributed by atoms with Crippen molar-refractivity contribution in [2.75, 3.05) is 31.6 Å². The predicted molar refractivity (Wildman–Crippen MR) is 96.7 cm³/mol. The van der Waals surface area contributed by atoms with Gasteiger partial charge in [0.05, 0.1) is 18.2 Å². The number of sulfonamides is 1. The van der Waals surface area contributed by atoms with Gasteiger partial charge in [-0.15, -0.1) is 0 Å². The summed E-state index contributed by atoms with van der Waals surface area (Å²) in [5.74, 6) is -0.815. The number of aromatic nitrogens is 2. The van der Waals surface area contributed by atoms with Crippen molar-refractivity contribution in [1.82, 2.24) is 14.3 Å². The summed E-state index contributed by atoms with van der Waals surface area (Å²) in [4.78, 5) is 38.9. The van der Waals surface area contributed by atoms with Gasteiger partial charge in [0.25, 0.3) is 11.5 Å². The minimum Gasteiger partial charge on any atom is -0.379 e. The smallest absolute Gasteiger partial charge is 0.325 e. The number of nitrogens with zero attached hydrogens (tertiary/aromatic N) is 1. The molecule has 1 amide bonds. The van der Waals surface area contributed by atoms with Crippen LogP contribution in [0.15, 0.2) is 38.9 Å². The fraction of sp³-hybridized carbons (Fsp3) is 0.267. The third kappa shape index (κ3) is 4.11. The highest BCUT2D eigenvalue weighted by molar-refractivity contribution is 7.89. The molecule has 10 nitrogen and oxygen atoms in total. The van der Waals surface area contributed by atoms with Gasteiger partial charge in [0.2, 0.25) is 10.0 Å². The SMILES string of the molecule is O=C(Nc1ccc(Cl)c(S(=O)(=O)N2CCOCC2)c1)c1c[nH]c(=O)[nH]c1=O. The van der Waals surface area contributed by atoms with E-state index in [1.165, 1.54) is 22.5 Å². The van der Waals surface area contributed by atoms with Crippen molar-refractivity contribution in [2.45, 2.75) is 4.90 Å². The Balaban J connectivity index is 1.90. The van der Waals surface area contributed by atoms with Crippen LogP contribution in [0.2, 0.25) is 5.02 Å². The van der Waals surface area contributed by atoms with Crippen LogP contribution in [-0.2, 0) is 14.8 Å². The van der Waals surface area contributed by atoms with Crippen LogP contribution in [0.1, 0.15) is 10.4 Å². The molecule has 1 fully saturated rings. The molecule has 12 heteroatoms. The highest BCUT2D eigenvalue weighted by Crippen LogP contribution is 2.28. The highest BCUT2D eigenvalue weighted by atomic mass is 35.5. The van der Waals surface area contributed by atoms with E-state index in [-0.39, 0.29) is 47.5 Å². The number of nitrogens with one attached hydrogen (secondary N) is 3. The maximum absolute atomic E-state index is 12.8. The van der Waals surface area contributed by atoms with Crippen molar-refractivity contribution in [3.63, 3.8) is 0 Å². The maximum Gasteiger partial charge on any atom is 0.325 e. The Hall–Kier alpha value is -2.47. The van der Waals surface area contributed by atoms with Gasteiger partial charge in [0.15, 0.2) is 0 Å². The number of hydrogen-bond donors (Lipinski definition) is 3. The van der Waals surface area contributed by atoms with E-state index in [1.807, 2.05) is 4.98 Å². The van der Waals surface area contributed by atoms with Gasteiger partial charge >= 0.3 is 5.69 Å². The minimum atomic E-state index is -3.87. The molecular formula is C15H15ClN4O6S. The Labute approximate surface area is 158 Å². The third-order valence-electron chi connectivity index (χ3n) is 3.84. The number of benzene rings is 1. The molecule has 0 bridgehead atoms. The summed E-state index contributed by atoms with van der Waals surface area (Å²) in [5, 5.41) is 2.42. The number of carbonyl (C=O) groups is 1. The molecule has 2 heterocycles. The van der Waals surface area contributed by atoms with E-state index in [0.29, 0.717) is 0 Å². The molecule has 1 aliphatic rings. The molecule has 144 valence electrons. The Morgan fingerprint density at radius 2 is 1.93 bits per heavy atom. The van der Waals surface area contributed by atoms with Crippen molar-refractivity contribution in [3.05, 3.63) is 55.8 Å². The van der Waals surface area contributed by atoms with Crippen molar-refractivity contribution in [3.8, 4) is 0 Å². The number of anilines is 1. The van der Waals surface area contributed by atoms with Crippen molar-refractivity contribution in [2.24, 2.45) is 0 Å². The summed E-state index contributed by atoms with van der Waals surface area (Å²) in [5.41, 5.74) is -1.82. The van der Waals surface area contributed by atoms with Crippen LogP contribution in [0.5, 0.6) is 0 Å². The molecule has 1 aromatic carbocycles. The van der Waals surface area contributed by atoms with E-state index in [1.54, 1.807) is 0 Å². The normalized spacial score (nSPS) is 15.4. The third-order valence-corrected chi connectivity index (χ3v) is 6.22. The van der Waals surface area contributed by atoms with Crippen molar-refractivity contribution >= 4 is 33.2 Å². The van der Waals surface area contributed by atoms with Gasteiger partial charge in [-0.25, -0.2) is 13.2 Å². The average Bonchev–Trinajstić information content (AvgIpc) is 2.63. The monoisotopic (exact) mass is 414 g/mol. The van der Waals surface area contributed by atoms with Gasteiger partial charge < -0.3 is 15.0 Å². The first-order chi connectivity index (χ1) is 12.8. The molecule has 1 aliphatic heterocycles. The minimum absolute atomic E-state index is 0.00128. The second-order valence-corrected chi connectivity index (χ2v) is 7.91. The lowest BCUT2D eigenvalue weighted by Crippen LogP contribution is -2.40. The quantitative estimate of drug-likeness (QED) is 0.642. The lowest BCUT2D eigenvalue weighted by Gasteiger charge is -2.26. The molecule has 27 heavy (non-hydrogen) atoms. The van der Waals surface area contributed by atoms with Gasteiger partial charge in [-0.1, -0.05) is 11.6 Å². The zero-order chi connectivity index (χ0) is 19.6. The number of rotatable bonds is 4. The average molecular weight is 415 g/mol. The Bertz CT molecular complexity index is 1090. The van der Waals surface area contributed by atoms with Crippen molar-refractivity contribution in [1.29, 1.82) is 0 Å². The highest BCUT2D eigenvalue weighted by Gasteiger charge is 2.28. The van der Waals surface area contributed by atoms with E-state index in [4.69, 9.17) is 16.3 Å². The molecule has 0 aliphatic carbocycles. The molecule has 0 unspecified atom stereocenters. The topological polar surface area (TPSA) is 141 Å². The van der Waals surface area contributed by atoms with Crippen molar-refractivity contribution < 1.29 is 17.9 Å². The first kappa shape index (κ1) is 19.3. The Kier molecular flexibility index (Phi) is 5.46. The molecule has 3 rings (SSSR count). The molecular weight excluding hydrogens is 400 g/mol. The Morgan fingerprint density at radius 1 is 1.22 bits per heavy atom. The number of H-pyrrole nitrogens is 2. The lowest BCUT2D eigenvalue weighted by molar-refractivity contribution is 0.0730. The van der Waals surface area contributed by atoms with E-state index in [9.17, 15) is 22.8 Å². The number of aromatic amines is 2. The van der Waals surface area contributed by atoms with Gasteiger partial charge in [-0.3, -0.25) is 14.6 Å². The number of ether oxygens (including phenoxy) is 1. The van der Waals surface area contributed by atoms with Crippen LogP contribution in [0.25, 0.3) is 0 Å². The van der Waals surface area contributed by atoms with Crippen LogP contribution in [0.4, 0.5) is 5.69 Å². The molecule has 3 N–H and O–H groups in total. The first-order valence-corrected chi connectivity index (χ1v) is 9.61. The molecule has 0 radical (unpaired) electrons. The van der Waals surface area contributed by atoms with Crippen LogP contribution in [-0.4, -0.2) is 54.9 Å². The predicted octanol–water partition coefficient (Wildman–Crippen LogP) is -0.0102. The largest absolute Gasteiger partial charge is 0.379 e. The van der Waals surface area contributed by atoms with Gasteiger partial charge in [-0.05, 0) is 18.2 Å². The first-order valence-electron chi connectivity index (χ1n) is 7.80. The van der Waals surface area contributed by atoms with E-state index < -0.39 is 27.2 Å². The fourth-order valence-electron chi connectivity index (χ4n) is 2.48. The number of amides is 1. The second kappa shape index (κ2) is 7.64. The summed E-state index contributed by atoms with van der Waals surface area (Å²) in [7, 11) is -3.87. The molecule has 1 saturated heterocycles. The second-order valence-electron chi connectivity index (χ2n) is 5.60. The summed E-state index contributed by atoms with van der Waals surface area (Å²) >= 11 is 6.05. The number of carbonyl (C=O) groups excluding carboxylic acids is 1. The summed E-state index contributed by atoms with van der Waals surface area (Å²) in [6.45, 7) is 0.953. The Morgan fingerprint density at radius 3 is 2.59 bits per heavy atom. The van der Waals surface area contributed by atoms with E-state index in [0.717, 1.165) is 6.20 Å². The van der Waals surface area contributed by atoms with Gasteiger partial charge in [0, 0.05) is 25.0 Å². The number of hydrogen-bond acceptors (Lipinski definition) is 6. The summed E-state index contributed by atoms with van der Waals surface area (Å²) in [6, 6.07) is 3.95. The zero-order valence-corrected chi connectivity index (χ0v) is 15.4. The van der Waals surface area contributed by atoms with Gasteiger partial charge in [-0.2, -0.15) is 4.31 Å². The lowest BCUT2D eigenvalue weighted by atomic mass is 10.2. The van der Waals surface area contributed by atoms with Gasteiger partial charge in [0.1, 0.15) is 10.5 Å². The molecule has 0 atom stereocenters. The number of halogens is 1. The molecule has 1 aromatic heterocycles. The zero-order valence-electron chi connectivity index (χ0n) is 13.8. The molecule has 2 aromatic rings. The van der Waals surface area contributed by atoms with Crippen LogP contribution < -0.4 is 16.6 Å².